The molecule has 0 N–H and O–H groups in total. The number of imidazole rings is 1. The summed E-state index contributed by atoms with van der Waals surface area (Å²) in [5, 5.41) is 0. The number of likely N-dealkylation sites (tertiary alicyclic amines) is 1. The second kappa shape index (κ2) is 9.07. The van der Waals surface area contributed by atoms with Crippen molar-refractivity contribution in [2.75, 3.05) is 20.1 Å². The lowest BCUT2D eigenvalue weighted by Gasteiger charge is -2.22. The summed E-state index contributed by atoms with van der Waals surface area (Å²) < 4.78 is 1.95. The van der Waals surface area contributed by atoms with Crippen LogP contribution in [0.4, 0.5) is 0 Å². The first-order chi connectivity index (χ1) is 14.6. The van der Waals surface area contributed by atoms with Crippen LogP contribution in [0.3, 0.4) is 0 Å². The number of hydrogen-bond donors (Lipinski definition) is 0. The van der Waals surface area contributed by atoms with E-state index >= 15 is 0 Å². The van der Waals surface area contributed by atoms with Gasteiger partial charge in [-0.25, -0.2) is 4.98 Å². The Morgan fingerprint density at radius 2 is 1.80 bits per heavy atom. The van der Waals surface area contributed by atoms with E-state index in [0.717, 1.165) is 37.0 Å². The molecule has 0 spiro atoms. The minimum absolute atomic E-state index is 0.113. The Labute approximate surface area is 176 Å². The number of benzene rings is 1. The molecule has 0 saturated carbocycles. The number of pyridine rings is 1. The molecule has 2 aromatic heterocycles. The smallest absolute Gasteiger partial charge is 0.255 e. The highest BCUT2D eigenvalue weighted by molar-refractivity contribution is 5.93. The van der Waals surface area contributed by atoms with Crippen molar-refractivity contribution in [3.05, 3.63) is 60.2 Å². The summed E-state index contributed by atoms with van der Waals surface area (Å²) in [6.45, 7) is 2.20. The summed E-state index contributed by atoms with van der Waals surface area (Å²) in [4.78, 5) is 38.1. The Balaban J connectivity index is 1.58. The number of aromatic nitrogens is 3. The number of para-hydroxylation sites is 2. The molecule has 1 fully saturated rings. The molecule has 156 valence electrons. The van der Waals surface area contributed by atoms with Crippen molar-refractivity contribution in [2.45, 2.75) is 38.8 Å². The van der Waals surface area contributed by atoms with E-state index in [2.05, 4.69) is 4.98 Å². The monoisotopic (exact) mass is 405 g/mol. The quantitative estimate of drug-likeness (QED) is 0.654. The third kappa shape index (κ3) is 4.35. The van der Waals surface area contributed by atoms with Gasteiger partial charge in [-0.15, -0.1) is 0 Å². The zero-order valence-corrected chi connectivity index (χ0v) is 17.3. The topological polar surface area (TPSA) is 71.3 Å². The maximum absolute atomic E-state index is 13.0. The molecule has 0 aliphatic carbocycles. The van der Waals surface area contributed by atoms with Crippen LogP contribution in [0, 0.1) is 0 Å². The number of hydrogen-bond acceptors (Lipinski definition) is 4. The maximum atomic E-state index is 13.0. The van der Waals surface area contributed by atoms with Gasteiger partial charge in [-0.1, -0.05) is 25.0 Å². The van der Waals surface area contributed by atoms with Crippen molar-refractivity contribution in [3.8, 4) is 0 Å². The van der Waals surface area contributed by atoms with Gasteiger partial charge in [-0.2, -0.15) is 0 Å². The van der Waals surface area contributed by atoms with E-state index in [9.17, 15) is 9.59 Å². The summed E-state index contributed by atoms with van der Waals surface area (Å²) in [5.41, 5.74) is 2.28. The normalized spacial score (nSPS) is 14.5. The first kappa shape index (κ1) is 20.1. The molecule has 1 saturated heterocycles. The van der Waals surface area contributed by atoms with Crippen LogP contribution in [0.5, 0.6) is 0 Å². The maximum Gasteiger partial charge on any atom is 0.255 e. The molecule has 3 aromatic rings. The van der Waals surface area contributed by atoms with Gasteiger partial charge in [-0.3, -0.25) is 14.6 Å². The van der Waals surface area contributed by atoms with Crippen LogP contribution >= 0.6 is 0 Å². The average molecular weight is 406 g/mol. The van der Waals surface area contributed by atoms with Crippen LogP contribution in [0.15, 0.2) is 48.8 Å². The molecule has 2 amide bonds. The van der Waals surface area contributed by atoms with Gasteiger partial charge in [0.15, 0.2) is 0 Å². The average Bonchev–Trinajstić information content (AvgIpc) is 2.94. The van der Waals surface area contributed by atoms with Gasteiger partial charge in [0.1, 0.15) is 12.4 Å². The van der Waals surface area contributed by atoms with E-state index in [1.165, 1.54) is 12.8 Å². The number of rotatable bonds is 5. The highest BCUT2D eigenvalue weighted by atomic mass is 16.2. The highest BCUT2D eigenvalue weighted by Crippen LogP contribution is 2.19. The predicted octanol–water partition coefficient (Wildman–Crippen LogP) is 3.11. The zero-order valence-electron chi connectivity index (χ0n) is 17.3. The number of carbonyl (C=O) groups is 2. The second-order valence-corrected chi connectivity index (χ2v) is 7.80. The van der Waals surface area contributed by atoms with E-state index < -0.39 is 0 Å². The molecule has 7 nitrogen and oxygen atoms in total. The van der Waals surface area contributed by atoms with Gasteiger partial charge in [0.05, 0.1) is 23.1 Å². The standard InChI is InChI=1S/C23H27N5O2/c1-26(23(30)18-9-8-12-24-15-18)16-21-25-19-10-4-5-11-20(19)28(21)17-22(29)27-13-6-2-3-7-14-27/h4-5,8-12,15H,2-3,6-7,13-14,16-17H2,1H3. The fourth-order valence-corrected chi connectivity index (χ4v) is 3.97. The largest absolute Gasteiger partial charge is 0.341 e. The molecule has 0 atom stereocenters. The van der Waals surface area contributed by atoms with Gasteiger partial charge in [-0.05, 0) is 37.1 Å². The molecule has 0 bridgehead atoms. The lowest BCUT2D eigenvalue weighted by molar-refractivity contribution is -0.131. The first-order valence-electron chi connectivity index (χ1n) is 10.5. The lowest BCUT2D eigenvalue weighted by Crippen LogP contribution is -2.35. The summed E-state index contributed by atoms with van der Waals surface area (Å²) in [6, 6.07) is 11.3. The zero-order chi connectivity index (χ0) is 20.9. The van der Waals surface area contributed by atoms with Crippen LogP contribution in [0.1, 0.15) is 41.9 Å². The fraction of sp³-hybridized carbons (Fsp3) is 0.391. The van der Waals surface area contributed by atoms with Gasteiger partial charge in [0.2, 0.25) is 5.91 Å². The summed E-state index contributed by atoms with van der Waals surface area (Å²) in [5.74, 6) is 0.696. The molecule has 1 aromatic carbocycles. The fourth-order valence-electron chi connectivity index (χ4n) is 3.97. The van der Waals surface area contributed by atoms with Gasteiger partial charge in [0, 0.05) is 32.5 Å². The first-order valence-corrected chi connectivity index (χ1v) is 10.5. The minimum Gasteiger partial charge on any atom is -0.341 e. The molecule has 30 heavy (non-hydrogen) atoms. The third-order valence-corrected chi connectivity index (χ3v) is 5.62. The van der Waals surface area contributed by atoms with Crippen LogP contribution in [0.25, 0.3) is 11.0 Å². The van der Waals surface area contributed by atoms with E-state index in [-0.39, 0.29) is 18.4 Å². The molecule has 4 rings (SSSR count). The molecular formula is C23H27N5O2. The summed E-state index contributed by atoms with van der Waals surface area (Å²) in [6.07, 6.45) is 7.70. The van der Waals surface area contributed by atoms with Crippen molar-refractivity contribution >= 4 is 22.8 Å². The van der Waals surface area contributed by atoms with Crippen LogP contribution in [-0.4, -0.2) is 56.3 Å². The van der Waals surface area contributed by atoms with Crippen LogP contribution < -0.4 is 0 Å². The lowest BCUT2D eigenvalue weighted by atomic mass is 10.2. The van der Waals surface area contributed by atoms with Crippen molar-refractivity contribution in [1.82, 2.24) is 24.3 Å². The molecular weight excluding hydrogens is 378 g/mol. The summed E-state index contributed by atoms with van der Waals surface area (Å²) in [7, 11) is 1.75. The SMILES string of the molecule is CN(Cc1nc2ccccc2n1CC(=O)N1CCCCCC1)C(=O)c1cccnc1. The van der Waals surface area contributed by atoms with Crippen molar-refractivity contribution in [2.24, 2.45) is 0 Å². The highest BCUT2D eigenvalue weighted by Gasteiger charge is 2.21. The van der Waals surface area contributed by atoms with E-state index in [0.29, 0.717) is 17.9 Å². The van der Waals surface area contributed by atoms with E-state index in [1.54, 1.807) is 36.5 Å². The Morgan fingerprint density at radius 3 is 2.53 bits per heavy atom. The molecule has 1 aliphatic heterocycles. The molecule has 0 unspecified atom stereocenters. The minimum atomic E-state index is -0.124. The molecule has 3 heterocycles. The van der Waals surface area contributed by atoms with Crippen molar-refractivity contribution in [1.29, 1.82) is 0 Å². The predicted molar refractivity (Wildman–Crippen MR) is 115 cm³/mol. The molecule has 7 heteroatoms. The van der Waals surface area contributed by atoms with Crippen molar-refractivity contribution in [3.63, 3.8) is 0 Å². The molecule has 1 aliphatic rings. The number of amides is 2. The number of nitrogens with zero attached hydrogens (tertiary/aromatic N) is 5. The van der Waals surface area contributed by atoms with Gasteiger partial charge in [0.25, 0.3) is 5.91 Å². The Bertz CT molecular complexity index is 1020. The Hall–Kier alpha value is -3.22. The van der Waals surface area contributed by atoms with Crippen molar-refractivity contribution < 1.29 is 9.59 Å². The Kier molecular flexibility index (Phi) is 6.07. The van der Waals surface area contributed by atoms with E-state index in [4.69, 9.17) is 4.98 Å². The van der Waals surface area contributed by atoms with Crippen LogP contribution in [-0.2, 0) is 17.9 Å². The summed E-state index contributed by atoms with van der Waals surface area (Å²) >= 11 is 0. The van der Waals surface area contributed by atoms with Crippen LogP contribution in [0.2, 0.25) is 0 Å². The van der Waals surface area contributed by atoms with E-state index in [1.807, 2.05) is 33.7 Å². The number of fused-ring (bicyclic) bond motifs is 1. The molecule has 0 radical (unpaired) electrons. The van der Waals surface area contributed by atoms with Gasteiger partial charge < -0.3 is 14.4 Å². The number of carbonyl (C=O) groups excluding carboxylic acids is 2. The second-order valence-electron chi connectivity index (χ2n) is 7.80. The van der Waals surface area contributed by atoms with Gasteiger partial charge >= 0.3 is 0 Å². The Morgan fingerprint density at radius 1 is 1.03 bits per heavy atom. The third-order valence-electron chi connectivity index (χ3n) is 5.62.